The van der Waals surface area contributed by atoms with Crippen molar-refractivity contribution in [1.29, 1.82) is 0 Å². The Bertz CT molecular complexity index is 1200. The Labute approximate surface area is 223 Å². The number of benzene rings is 1. The Hall–Kier alpha value is -3.10. The highest BCUT2D eigenvalue weighted by Gasteiger charge is 2.20. The van der Waals surface area contributed by atoms with Gasteiger partial charge in [0.05, 0.1) is 24.1 Å². The van der Waals surface area contributed by atoms with E-state index in [1.807, 2.05) is 37.3 Å². The second-order valence-electron chi connectivity index (χ2n) is 9.23. The largest absolute Gasteiger partial charge is 0.497 e. The number of ether oxygens (including phenoxy) is 3. The zero-order valence-electron chi connectivity index (χ0n) is 22.0. The lowest BCUT2D eigenvalue weighted by Crippen LogP contribution is -2.25. The summed E-state index contributed by atoms with van der Waals surface area (Å²) in [4.78, 5) is 17.9. The lowest BCUT2D eigenvalue weighted by Gasteiger charge is -2.15. The molecular formula is C29H37N3O4S. The third-order valence-electron chi connectivity index (χ3n) is 6.70. The van der Waals surface area contributed by atoms with Crippen molar-refractivity contribution < 1.29 is 19.0 Å². The van der Waals surface area contributed by atoms with Gasteiger partial charge in [-0.2, -0.15) is 0 Å². The van der Waals surface area contributed by atoms with Crippen LogP contribution in [-0.4, -0.2) is 42.8 Å². The topological polar surface area (TPSA) is 74.6 Å². The van der Waals surface area contributed by atoms with Crippen LogP contribution in [0.2, 0.25) is 0 Å². The van der Waals surface area contributed by atoms with Gasteiger partial charge in [0, 0.05) is 37.9 Å². The van der Waals surface area contributed by atoms with Crippen molar-refractivity contribution >= 4 is 17.2 Å². The van der Waals surface area contributed by atoms with Crippen LogP contribution in [0, 0.1) is 6.92 Å². The summed E-state index contributed by atoms with van der Waals surface area (Å²) < 4.78 is 18.5. The number of allylic oxidation sites excluding steroid dienone is 2. The number of hydrogen-bond acceptors (Lipinski definition) is 6. The van der Waals surface area contributed by atoms with Crippen molar-refractivity contribution in [3.63, 3.8) is 0 Å². The van der Waals surface area contributed by atoms with Crippen molar-refractivity contribution in [2.75, 3.05) is 27.4 Å². The minimum absolute atomic E-state index is 0.0521. The number of carbonyl (C=O) groups excluding carboxylic acids is 1. The summed E-state index contributed by atoms with van der Waals surface area (Å²) in [6, 6.07) is 9.52. The number of nitrogens with one attached hydrogen (secondary N) is 1. The summed E-state index contributed by atoms with van der Waals surface area (Å²) in [5.41, 5.74) is 5.04. The van der Waals surface area contributed by atoms with E-state index in [-0.39, 0.29) is 5.91 Å². The maximum atomic E-state index is 13.0. The number of carbonyl (C=O) groups is 1. The second kappa shape index (κ2) is 13.4. The fourth-order valence-electron chi connectivity index (χ4n) is 4.59. The van der Waals surface area contributed by atoms with Gasteiger partial charge < -0.3 is 24.1 Å². The maximum Gasteiger partial charge on any atom is 0.253 e. The van der Waals surface area contributed by atoms with Crippen LogP contribution in [0.4, 0.5) is 0 Å². The van der Waals surface area contributed by atoms with E-state index in [4.69, 9.17) is 19.2 Å². The first kappa shape index (κ1) is 26.9. The first-order valence-electron chi connectivity index (χ1n) is 13.0. The Morgan fingerprint density at radius 1 is 1.16 bits per heavy atom. The molecule has 7 nitrogen and oxygen atoms in total. The third kappa shape index (κ3) is 7.23. The minimum Gasteiger partial charge on any atom is -0.497 e. The molecule has 1 aliphatic carbocycles. The Morgan fingerprint density at radius 3 is 2.70 bits per heavy atom. The van der Waals surface area contributed by atoms with Crippen LogP contribution in [-0.2, 0) is 17.9 Å². The molecule has 0 spiro atoms. The van der Waals surface area contributed by atoms with Crippen LogP contribution in [0.15, 0.2) is 47.4 Å². The van der Waals surface area contributed by atoms with Gasteiger partial charge >= 0.3 is 0 Å². The van der Waals surface area contributed by atoms with Gasteiger partial charge in [0.1, 0.15) is 23.1 Å². The summed E-state index contributed by atoms with van der Waals surface area (Å²) in [7, 11) is 3.32. The standard InChI is InChI=1S/C29H37N3O4S/c1-21-25(29(33)30-15-7-17-34-2)18-27(32(21)16-14-22-8-5-4-6-9-22)26-20-37-28(31-26)19-36-24-12-10-23(35-3)11-13-24/h8,10-13,18,20H,4-7,9,14-17,19H2,1-3H3,(H,30,33). The molecule has 1 aromatic carbocycles. The van der Waals surface area contributed by atoms with Crippen molar-refractivity contribution in [2.45, 2.75) is 58.6 Å². The minimum atomic E-state index is -0.0521. The molecule has 4 rings (SSSR count). The lowest BCUT2D eigenvalue weighted by atomic mass is 9.97. The van der Waals surface area contributed by atoms with Crippen LogP contribution in [0.25, 0.3) is 11.4 Å². The lowest BCUT2D eigenvalue weighted by molar-refractivity contribution is 0.0948. The molecule has 37 heavy (non-hydrogen) atoms. The van der Waals surface area contributed by atoms with E-state index in [1.54, 1.807) is 25.6 Å². The average Bonchev–Trinajstić information content (AvgIpc) is 3.53. The molecule has 1 aliphatic rings. The average molecular weight is 524 g/mol. The summed E-state index contributed by atoms with van der Waals surface area (Å²) in [5, 5.41) is 5.97. The number of aromatic nitrogens is 2. The van der Waals surface area contributed by atoms with Crippen LogP contribution in [0.1, 0.15) is 59.6 Å². The Morgan fingerprint density at radius 2 is 1.97 bits per heavy atom. The van der Waals surface area contributed by atoms with Gasteiger partial charge in [-0.05, 0) is 75.8 Å². The van der Waals surface area contributed by atoms with E-state index in [1.165, 1.54) is 31.3 Å². The molecule has 0 saturated carbocycles. The predicted octanol–water partition coefficient (Wildman–Crippen LogP) is 6.16. The van der Waals surface area contributed by atoms with Crippen LogP contribution < -0.4 is 14.8 Å². The van der Waals surface area contributed by atoms with Gasteiger partial charge in [-0.25, -0.2) is 4.98 Å². The first-order chi connectivity index (χ1) is 18.1. The smallest absolute Gasteiger partial charge is 0.253 e. The van der Waals surface area contributed by atoms with Crippen molar-refractivity contribution in [3.05, 3.63) is 63.6 Å². The number of hydrogen-bond donors (Lipinski definition) is 1. The highest BCUT2D eigenvalue weighted by atomic mass is 32.1. The second-order valence-corrected chi connectivity index (χ2v) is 10.2. The van der Waals surface area contributed by atoms with Gasteiger partial charge in [-0.1, -0.05) is 11.6 Å². The summed E-state index contributed by atoms with van der Waals surface area (Å²) in [6.07, 6.45) is 9.06. The van der Waals surface area contributed by atoms with E-state index >= 15 is 0 Å². The highest BCUT2D eigenvalue weighted by Crippen LogP contribution is 2.30. The zero-order valence-corrected chi connectivity index (χ0v) is 22.9. The Kier molecular flexibility index (Phi) is 9.79. The molecular weight excluding hydrogens is 486 g/mol. The van der Waals surface area contributed by atoms with E-state index in [9.17, 15) is 4.79 Å². The van der Waals surface area contributed by atoms with E-state index < -0.39 is 0 Å². The van der Waals surface area contributed by atoms with Crippen molar-refractivity contribution in [1.82, 2.24) is 14.9 Å². The molecule has 0 radical (unpaired) electrons. The molecule has 8 heteroatoms. The van der Waals surface area contributed by atoms with Crippen LogP contribution in [0.5, 0.6) is 11.5 Å². The molecule has 2 heterocycles. The molecule has 0 fully saturated rings. The molecule has 1 N–H and O–H groups in total. The molecule has 0 bridgehead atoms. The fourth-order valence-corrected chi connectivity index (χ4v) is 5.29. The highest BCUT2D eigenvalue weighted by molar-refractivity contribution is 7.09. The number of nitrogens with zero attached hydrogens (tertiary/aromatic N) is 2. The number of amides is 1. The third-order valence-corrected chi connectivity index (χ3v) is 7.52. The van der Waals surface area contributed by atoms with Crippen LogP contribution >= 0.6 is 11.3 Å². The molecule has 198 valence electrons. The van der Waals surface area contributed by atoms with Crippen molar-refractivity contribution in [2.24, 2.45) is 0 Å². The van der Waals surface area contributed by atoms with Crippen molar-refractivity contribution in [3.8, 4) is 22.9 Å². The summed E-state index contributed by atoms with van der Waals surface area (Å²) in [5.74, 6) is 1.51. The molecule has 3 aromatic rings. The molecule has 0 unspecified atom stereocenters. The molecule has 1 amide bonds. The monoisotopic (exact) mass is 523 g/mol. The summed E-state index contributed by atoms with van der Waals surface area (Å²) >= 11 is 1.57. The Balaban J connectivity index is 1.51. The van der Waals surface area contributed by atoms with Gasteiger partial charge in [0.2, 0.25) is 0 Å². The number of methoxy groups -OCH3 is 2. The molecule has 0 saturated heterocycles. The number of rotatable bonds is 13. The van der Waals surface area contributed by atoms with E-state index in [2.05, 4.69) is 21.3 Å². The summed E-state index contributed by atoms with van der Waals surface area (Å²) in [6.45, 7) is 4.46. The first-order valence-corrected chi connectivity index (χ1v) is 13.8. The number of thiazole rings is 1. The predicted molar refractivity (Wildman–Crippen MR) is 148 cm³/mol. The van der Waals surface area contributed by atoms with E-state index in [0.717, 1.165) is 53.0 Å². The molecule has 0 aliphatic heterocycles. The maximum absolute atomic E-state index is 13.0. The van der Waals surface area contributed by atoms with Gasteiger partial charge in [-0.15, -0.1) is 11.3 Å². The van der Waals surface area contributed by atoms with E-state index in [0.29, 0.717) is 25.3 Å². The SMILES string of the molecule is COCCCNC(=O)c1cc(-c2csc(COc3ccc(OC)cc3)n2)n(CCC2=CCCCC2)c1C. The van der Waals surface area contributed by atoms with Crippen LogP contribution in [0.3, 0.4) is 0 Å². The zero-order chi connectivity index (χ0) is 26.0. The van der Waals surface area contributed by atoms with Gasteiger partial charge in [0.25, 0.3) is 5.91 Å². The molecule has 2 aromatic heterocycles. The molecule has 0 atom stereocenters. The van der Waals surface area contributed by atoms with Gasteiger partial charge in [-0.3, -0.25) is 4.79 Å². The van der Waals surface area contributed by atoms with Gasteiger partial charge in [0.15, 0.2) is 0 Å². The fraction of sp³-hybridized carbons (Fsp3) is 0.448. The normalized spacial score (nSPS) is 13.3. The quantitative estimate of drug-likeness (QED) is 0.214.